The van der Waals surface area contributed by atoms with Crippen LogP contribution in [0.15, 0.2) is 54.6 Å². The first kappa shape index (κ1) is 18.1. The predicted molar refractivity (Wildman–Crippen MR) is 98.3 cm³/mol. The maximum atomic E-state index is 12.7. The number of anilines is 1. The van der Waals surface area contributed by atoms with E-state index in [-0.39, 0.29) is 11.3 Å². The summed E-state index contributed by atoms with van der Waals surface area (Å²) in [4.78, 5) is 33.0. The molecule has 0 saturated heterocycles. The van der Waals surface area contributed by atoms with E-state index in [1.807, 2.05) is 26.0 Å². The van der Waals surface area contributed by atoms with Crippen molar-refractivity contribution in [1.82, 2.24) is 0 Å². The number of hydrogen-bond donors (Lipinski definition) is 2. The van der Waals surface area contributed by atoms with Crippen molar-refractivity contribution in [3.63, 3.8) is 0 Å². The first-order valence-corrected chi connectivity index (χ1v) is 9.37. The maximum absolute atomic E-state index is 12.7. The average Bonchev–Trinajstić information content (AvgIpc) is 2.55. The van der Waals surface area contributed by atoms with E-state index in [1.165, 1.54) is 12.1 Å². The highest BCUT2D eigenvalue weighted by Crippen LogP contribution is 2.37. The summed E-state index contributed by atoms with van der Waals surface area (Å²) in [6.07, 6.45) is 0. The Kier molecular flexibility index (Phi) is 4.83. The number of phosphoric acid groups is 1. The lowest BCUT2D eigenvalue weighted by atomic mass is 10.0. The Morgan fingerprint density at radius 1 is 1.08 bits per heavy atom. The van der Waals surface area contributed by atoms with Crippen LogP contribution in [0.1, 0.15) is 21.5 Å². The lowest BCUT2D eigenvalue weighted by molar-refractivity contribution is -0.211. The van der Waals surface area contributed by atoms with Gasteiger partial charge < -0.3 is 19.6 Å². The first-order valence-electron chi connectivity index (χ1n) is 7.88. The smallest absolute Gasteiger partial charge is 0.317 e. The minimum absolute atomic E-state index is 0.00815. The second-order valence-electron chi connectivity index (χ2n) is 6.03. The summed E-state index contributed by atoms with van der Waals surface area (Å²) in [5, 5.41) is 4.17. The molecule has 0 aromatic heterocycles. The molecule has 0 spiro atoms. The summed E-state index contributed by atoms with van der Waals surface area (Å²) in [6.45, 7) is 3.81. The molecule has 134 valence electrons. The van der Waals surface area contributed by atoms with Gasteiger partial charge in [0.25, 0.3) is 5.91 Å². The van der Waals surface area contributed by atoms with Crippen LogP contribution in [-0.4, -0.2) is 10.8 Å². The Balaban J connectivity index is 2.04. The zero-order chi connectivity index (χ0) is 18.9. The molecule has 0 bridgehead atoms. The third-order valence-electron chi connectivity index (χ3n) is 3.94. The molecular formula is C19H17NO5P-. The summed E-state index contributed by atoms with van der Waals surface area (Å²) < 4.78 is 15.8. The van der Waals surface area contributed by atoms with Gasteiger partial charge in [-0.05, 0) is 48.4 Å². The van der Waals surface area contributed by atoms with E-state index < -0.39 is 13.7 Å². The van der Waals surface area contributed by atoms with E-state index in [1.54, 1.807) is 30.3 Å². The largest absolute Gasteiger partial charge is 0.746 e. The Labute approximate surface area is 150 Å². The quantitative estimate of drug-likeness (QED) is 0.685. The van der Waals surface area contributed by atoms with Crippen LogP contribution < -0.4 is 14.7 Å². The molecule has 2 N–H and O–H groups in total. The molecule has 0 aliphatic carbocycles. The van der Waals surface area contributed by atoms with Crippen LogP contribution in [0.2, 0.25) is 0 Å². The number of aryl methyl sites for hydroxylation is 2. The summed E-state index contributed by atoms with van der Waals surface area (Å²) >= 11 is 0. The number of hydrogen-bond acceptors (Lipinski definition) is 4. The number of benzene rings is 3. The van der Waals surface area contributed by atoms with E-state index in [4.69, 9.17) is 4.89 Å². The minimum Gasteiger partial charge on any atom is -0.746 e. The standard InChI is InChI=1S/C19H18NO5P/c1-12-7-8-17(13(2)9-12)20-19(21)16-10-14-5-3-4-6-15(14)11-18(16)25-26(22,23)24/h3-11H,1-2H3,(H,20,21)(H2,22,23,24)/p-1. The van der Waals surface area contributed by atoms with Crippen molar-refractivity contribution in [2.45, 2.75) is 13.8 Å². The summed E-state index contributed by atoms with van der Waals surface area (Å²) in [5.74, 6) is -0.766. The van der Waals surface area contributed by atoms with Gasteiger partial charge in [-0.15, -0.1) is 0 Å². The molecule has 0 fully saturated rings. The number of carbonyl (C=O) groups is 1. The molecule has 0 radical (unpaired) electrons. The monoisotopic (exact) mass is 370 g/mol. The molecule has 1 amide bonds. The van der Waals surface area contributed by atoms with Crippen molar-refractivity contribution >= 4 is 30.2 Å². The second-order valence-corrected chi connectivity index (χ2v) is 7.15. The van der Waals surface area contributed by atoms with Gasteiger partial charge in [0.15, 0.2) is 0 Å². The molecule has 3 rings (SSSR count). The highest BCUT2D eigenvalue weighted by Gasteiger charge is 2.18. The highest BCUT2D eigenvalue weighted by atomic mass is 31.2. The fourth-order valence-electron chi connectivity index (χ4n) is 2.74. The predicted octanol–water partition coefficient (Wildman–Crippen LogP) is 3.55. The average molecular weight is 370 g/mol. The lowest BCUT2D eigenvalue weighted by Gasteiger charge is -2.20. The first-order chi connectivity index (χ1) is 12.2. The second kappa shape index (κ2) is 6.92. The number of nitrogens with one attached hydrogen (secondary N) is 1. The SMILES string of the molecule is Cc1ccc(NC(=O)c2cc3ccccc3cc2OP(=O)([O-])O)c(C)c1. The Morgan fingerprint density at radius 2 is 1.73 bits per heavy atom. The van der Waals surface area contributed by atoms with Crippen LogP contribution in [0.25, 0.3) is 10.8 Å². The van der Waals surface area contributed by atoms with Crippen LogP contribution >= 0.6 is 7.82 Å². The molecule has 0 heterocycles. The van der Waals surface area contributed by atoms with Gasteiger partial charge in [0.2, 0.25) is 0 Å². The fraction of sp³-hybridized carbons (Fsp3) is 0.105. The molecule has 3 aromatic rings. The Bertz CT molecular complexity index is 1040. The molecular weight excluding hydrogens is 353 g/mol. The molecule has 6 nitrogen and oxygen atoms in total. The number of fused-ring (bicyclic) bond motifs is 1. The Morgan fingerprint density at radius 3 is 2.35 bits per heavy atom. The van der Waals surface area contributed by atoms with Crippen LogP contribution in [-0.2, 0) is 4.57 Å². The molecule has 26 heavy (non-hydrogen) atoms. The third kappa shape index (κ3) is 4.11. The molecule has 3 aromatic carbocycles. The van der Waals surface area contributed by atoms with Gasteiger partial charge in [-0.3, -0.25) is 9.36 Å². The molecule has 1 atom stereocenters. The van der Waals surface area contributed by atoms with Gasteiger partial charge in [0.1, 0.15) is 5.75 Å². The van der Waals surface area contributed by atoms with Crippen LogP contribution in [0.3, 0.4) is 0 Å². The van der Waals surface area contributed by atoms with Crippen LogP contribution in [0.5, 0.6) is 5.75 Å². The van der Waals surface area contributed by atoms with Crippen LogP contribution in [0.4, 0.5) is 5.69 Å². The van der Waals surface area contributed by atoms with Gasteiger partial charge in [-0.25, -0.2) is 0 Å². The highest BCUT2D eigenvalue weighted by molar-refractivity contribution is 7.45. The van der Waals surface area contributed by atoms with Gasteiger partial charge in [0.05, 0.1) is 5.56 Å². The van der Waals surface area contributed by atoms with Crippen molar-refractivity contribution < 1.29 is 23.7 Å². The summed E-state index contributed by atoms with van der Waals surface area (Å²) in [6, 6.07) is 15.6. The summed E-state index contributed by atoms with van der Waals surface area (Å²) in [5.41, 5.74) is 2.55. The fourth-order valence-corrected chi connectivity index (χ4v) is 3.14. The normalized spacial score (nSPS) is 13.2. The summed E-state index contributed by atoms with van der Waals surface area (Å²) in [7, 11) is -5.06. The maximum Gasteiger partial charge on any atom is 0.317 e. The zero-order valence-electron chi connectivity index (χ0n) is 14.2. The van der Waals surface area contributed by atoms with Crippen molar-refractivity contribution in [3.05, 3.63) is 71.3 Å². The number of carbonyl (C=O) groups excluding carboxylic acids is 1. The van der Waals surface area contributed by atoms with E-state index in [0.29, 0.717) is 11.1 Å². The van der Waals surface area contributed by atoms with Crippen molar-refractivity contribution in [1.29, 1.82) is 0 Å². The van der Waals surface area contributed by atoms with Crippen LogP contribution in [0, 0.1) is 13.8 Å². The van der Waals surface area contributed by atoms with Gasteiger partial charge >= 0.3 is 7.82 Å². The molecule has 7 heteroatoms. The van der Waals surface area contributed by atoms with Gasteiger partial charge in [-0.1, -0.05) is 42.0 Å². The van der Waals surface area contributed by atoms with E-state index in [2.05, 4.69) is 9.84 Å². The van der Waals surface area contributed by atoms with Gasteiger partial charge in [0, 0.05) is 5.69 Å². The molecule has 0 aliphatic heterocycles. The van der Waals surface area contributed by atoms with E-state index >= 15 is 0 Å². The number of amides is 1. The topological polar surface area (TPSA) is 98.7 Å². The number of phosphoric ester groups is 1. The lowest BCUT2D eigenvalue weighted by Crippen LogP contribution is -2.15. The molecule has 1 unspecified atom stereocenters. The van der Waals surface area contributed by atoms with Crippen molar-refractivity contribution in [3.8, 4) is 5.75 Å². The molecule has 0 aliphatic rings. The van der Waals surface area contributed by atoms with Crippen molar-refractivity contribution in [2.75, 3.05) is 5.32 Å². The van der Waals surface area contributed by atoms with Crippen molar-refractivity contribution in [2.24, 2.45) is 0 Å². The van der Waals surface area contributed by atoms with Gasteiger partial charge in [-0.2, -0.15) is 0 Å². The number of rotatable bonds is 4. The Hall–Kier alpha value is -2.66. The van der Waals surface area contributed by atoms with E-state index in [9.17, 15) is 14.3 Å². The van der Waals surface area contributed by atoms with E-state index in [0.717, 1.165) is 16.5 Å². The molecule has 0 saturated carbocycles. The zero-order valence-corrected chi connectivity index (χ0v) is 15.1. The third-order valence-corrected chi connectivity index (χ3v) is 4.36. The minimum atomic E-state index is -5.06.